The van der Waals surface area contributed by atoms with Crippen molar-refractivity contribution < 1.29 is 8.83 Å². The van der Waals surface area contributed by atoms with Gasteiger partial charge in [0, 0.05) is 45.0 Å². The van der Waals surface area contributed by atoms with Crippen LogP contribution in [0.1, 0.15) is 0 Å². The fourth-order valence-electron chi connectivity index (χ4n) is 6.28. The molecule has 0 aliphatic rings. The third kappa shape index (κ3) is 4.35. The lowest BCUT2D eigenvalue weighted by molar-refractivity contribution is 0.620. The van der Waals surface area contributed by atoms with Gasteiger partial charge in [-0.25, -0.2) is 4.98 Å². The molecule has 2 aromatic heterocycles. The van der Waals surface area contributed by atoms with Gasteiger partial charge in [0.15, 0.2) is 5.58 Å². The number of furan rings is 1. The van der Waals surface area contributed by atoms with E-state index in [1.807, 2.05) is 42.5 Å². The molecule has 45 heavy (non-hydrogen) atoms. The van der Waals surface area contributed by atoms with Crippen molar-refractivity contribution in [1.82, 2.24) is 4.98 Å². The van der Waals surface area contributed by atoms with E-state index in [0.717, 1.165) is 66.8 Å². The van der Waals surface area contributed by atoms with Gasteiger partial charge in [0.25, 0.3) is 0 Å². The normalized spacial score (nSPS) is 11.6. The summed E-state index contributed by atoms with van der Waals surface area (Å²) in [6.45, 7) is 0. The minimum Gasteiger partial charge on any atom is -0.455 e. The molecule has 7 aromatic carbocycles. The first-order chi connectivity index (χ1) is 22.3. The van der Waals surface area contributed by atoms with E-state index in [0.29, 0.717) is 5.89 Å². The van der Waals surface area contributed by atoms with Crippen molar-refractivity contribution in [2.24, 2.45) is 0 Å². The van der Waals surface area contributed by atoms with Crippen molar-refractivity contribution in [3.8, 4) is 22.6 Å². The number of nitrogens with zero attached hydrogens (tertiary/aromatic N) is 2. The number of aromatic nitrogens is 1. The molecule has 0 bridgehead atoms. The molecule has 0 unspecified atom stereocenters. The Labute approximate surface area is 259 Å². The molecular weight excluding hydrogens is 552 g/mol. The number of hydrogen-bond donors (Lipinski definition) is 0. The molecule has 0 amide bonds. The van der Waals surface area contributed by atoms with Crippen molar-refractivity contribution in [1.29, 1.82) is 0 Å². The number of oxazole rings is 1. The van der Waals surface area contributed by atoms with Gasteiger partial charge in [-0.1, -0.05) is 97.1 Å². The zero-order chi connectivity index (χ0) is 29.7. The number of anilines is 3. The maximum atomic E-state index is 6.53. The van der Waals surface area contributed by atoms with E-state index in [1.54, 1.807) is 0 Å². The average Bonchev–Trinajstić information content (AvgIpc) is 3.69. The van der Waals surface area contributed by atoms with Crippen molar-refractivity contribution in [3.63, 3.8) is 0 Å². The summed E-state index contributed by atoms with van der Waals surface area (Å²) in [4.78, 5) is 7.04. The van der Waals surface area contributed by atoms with Crippen molar-refractivity contribution in [3.05, 3.63) is 158 Å². The van der Waals surface area contributed by atoms with Crippen LogP contribution in [0, 0.1) is 0 Å². The van der Waals surface area contributed by atoms with E-state index in [2.05, 4.69) is 120 Å². The maximum Gasteiger partial charge on any atom is 0.227 e. The molecule has 0 aliphatic heterocycles. The zero-order valence-electron chi connectivity index (χ0n) is 24.2. The predicted octanol–water partition coefficient (Wildman–Crippen LogP) is 11.7. The monoisotopic (exact) mass is 578 g/mol. The standard InChI is InChI=1S/C41H26N2O2/c1-3-11-29(12-4-1)41-42-37-26-38-36(25-39(37)45-41)35-17-9-16-34(40(35)44-38)28-19-21-32(22-20-28)43(31-14-5-2-6-15-31)33-23-18-27-10-7-8-13-30(27)24-33/h1-26H. The summed E-state index contributed by atoms with van der Waals surface area (Å²) in [6.07, 6.45) is 0. The molecule has 9 rings (SSSR count). The lowest BCUT2D eigenvalue weighted by Gasteiger charge is -2.26. The van der Waals surface area contributed by atoms with Crippen LogP contribution in [0.5, 0.6) is 0 Å². The van der Waals surface area contributed by atoms with Gasteiger partial charge in [0.1, 0.15) is 16.7 Å². The van der Waals surface area contributed by atoms with E-state index >= 15 is 0 Å². The van der Waals surface area contributed by atoms with Gasteiger partial charge in [-0.2, -0.15) is 0 Å². The van der Waals surface area contributed by atoms with Crippen LogP contribution in [0.3, 0.4) is 0 Å². The fraction of sp³-hybridized carbons (Fsp3) is 0. The average molecular weight is 579 g/mol. The highest BCUT2D eigenvalue weighted by Crippen LogP contribution is 2.40. The Hall–Kier alpha value is -6.13. The highest BCUT2D eigenvalue weighted by molar-refractivity contribution is 6.12. The topological polar surface area (TPSA) is 42.4 Å². The Kier molecular flexibility index (Phi) is 5.78. The first-order valence-electron chi connectivity index (χ1n) is 15.0. The van der Waals surface area contributed by atoms with Gasteiger partial charge < -0.3 is 13.7 Å². The van der Waals surface area contributed by atoms with E-state index in [4.69, 9.17) is 13.8 Å². The Morgan fingerprint density at radius 3 is 1.98 bits per heavy atom. The van der Waals surface area contributed by atoms with Gasteiger partial charge in [-0.05, 0) is 70.9 Å². The van der Waals surface area contributed by atoms with E-state index in [1.165, 1.54) is 10.8 Å². The third-order valence-corrected chi connectivity index (χ3v) is 8.47. The molecule has 4 heteroatoms. The second kappa shape index (κ2) is 10.2. The minimum atomic E-state index is 0.608. The lowest BCUT2D eigenvalue weighted by atomic mass is 10.0. The van der Waals surface area contributed by atoms with Crippen LogP contribution in [-0.2, 0) is 0 Å². The molecule has 212 valence electrons. The number of fused-ring (bicyclic) bond motifs is 5. The van der Waals surface area contributed by atoms with E-state index in [-0.39, 0.29) is 0 Å². The van der Waals surface area contributed by atoms with Crippen LogP contribution in [0.15, 0.2) is 167 Å². The minimum absolute atomic E-state index is 0.608. The predicted molar refractivity (Wildman–Crippen MR) is 184 cm³/mol. The molecule has 0 N–H and O–H groups in total. The molecule has 4 nitrogen and oxygen atoms in total. The van der Waals surface area contributed by atoms with Gasteiger partial charge >= 0.3 is 0 Å². The van der Waals surface area contributed by atoms with Gasteiger partial charge in [-0.15, -0.1) is 0 Å². The largest absolute Gasteiger partial charge is 0.455 e. The number of benzene rings is 7. The summed E-state index contributed by atoms with van der Waals surface area (Å²) < 4.78 is 12.7. The summed E-state index contributed by atoms with van der Waals surface area (Å²) in [7, 11) is 0. The van der Waals surface area contributed by atoms with Crippen LogP contribution < -0.4 is 4.90 Å². The van der Waals surface area contributed by atoms with Gasteiger partial charge in [-0.3, -0.25) is 0 Å². The molecular formula is C41H26N2O2. The first kappa shape index (κ1) is 25.4. The molecule has 0 radical (unpaired) electrons. The summed E-state index contributed by atoms with van der Waals surface area (Å²) in [6, 6.07) is 54.6. The smallest absolute Gasteiger partial charge is 0.227 e. The summed E-state index contributed by atoms with van der Waals surface area (Å²) in [5, 5.41) is 4.50. The second-order valence-electron chi connectivity index (χ2n) is 11.2. The molecule has 0 fully saturated rings. The van der Waals surface area contributed by atoms with Crippen molar-refractivity contribution in [2.75, 3.05) is 4.90 Å². The molecule has 0 atom stereocenters. The molecule has 0 saturated heterocycles. The van der Waals surface area contributed by atoms with Gasteiger partial charge in [0.05, 0.1) is 0 Å². The Morgan fingerprint density at radius 2 is 1.16 bits per heavy atom. The molecule has 9 aromatic rings. The zero-order valence-corrected chi connectivity index (χ0v) is 24.2. The van der Waals surface area contributed by atoms with Crippen LogP contribution >= 0.6 is 0 Å². The molecule has 0 spiro atoms. The maximum absolute atomic E-state index is 6.53. The van der Waals surface area contributed by atoms with E-state index in [9.17, 15) is 0 Å². The molecule has 0 aliphatic carbocycles. The number of hydrogen-bond acceptors (Lipinski definition) is 4. The van der Waals surface area contributed by atoms with Crippen LogP contribution in [0.4, 0.5) is 17.1 Å². The lowest BCUT2D eigenvalue weighted by Crippen LogP contribution is -2.09. The SMILES string of the molecule is c1ccc(-c2nc3cc4oc5c(-c6ccc(N(c7ccccc7)c7ccc8ccccc8c7)cc6)cccc5c4cc3o2)cc1. The highest BCUT2D eigenvalue weighted by Gasteiger charge is 2.17. The molecule has 0 saturated carbocycles. The highest BCUT2D eigenvalue weighted by atomic mass is 16.4. The summed E-state index contributed by atoms with van der Waals surface area (Å²) in [5.74, 6) is 0.608. The summed E-state index contributed by atoms with van der Waals surface area (Å²) >= 11 is 0. The number of rotatable bonds is 5. The quantitative estimate of drug-likeness (QED) is 0.204. The number of para-hydroxylation sites is 2. The van der Waals surface area contributed by atoms with Crippen molar-refractivity contribution >= 4 is 60.9 Å². The van der Waals surface area contributed by atoms with E-state index < -0.39 is 0 Å². The van der Waals surface area contributed by atoms with Crippen LogP contribution in [0.25, 0.3) is 66.4 Å². The summed E-state index contributed by atoms with van der Waals surface area (Å²) in [5.41, 5.74) is 9.55. The first-order valence-corrected chi connectivity index (χ1v) is 15.0. The van der Waals surface area contributed by atoms with Crippen molar-refractivity contribution in [2.45, 2.75) is 0 Å². The molecule has 2 heterocycles. The Bertz CT molecular complexity index is 2480. The Morgan fingerprint density at radius 1 is 0.444 bits per heavy atom. The van der Waals surface area contributed by atoms with Gasteiger partial charge in [0.2, 0.25) is 5.89 Å². The Balaban J connectivity index is 1.12. The van der Waals surface area contributed by atoms with Crippen LogP contribution in [-0.4, -0.2) is 4.98 Å². The fourth-order valence-corrected chi connectivity index (χ4v) is 6.28. The third-order valence-electron chi connectivity index (χ3n) is 8.47. The second-order valence-corrected chi connectivity index (χ2v) is 11.2. The van der Waals surface area contributed by atoms with Crippen LogP contribution in [0.2, 0.25) is 0 Å².